The van der Waals surface area contributed by atoms with E-state index in [0.29, 0.717) is 25.2 Å². The Morgan fingerprint density at radius 3 is 2.76 bits per heavy atom. The topological polar surface area (TPSA) is 81.8 Å². The van der Waals surface area contributed by atoms with E-state index in [1.165, 1.54) is 17.0 Å². The molecule has 0 spiro atoms. The molecule has 0 radical (unpaired) electrons. The van der Waals surface area contributed by atoms with E-state index in [0.717, 1.165) is 0 Å². The first-order valence-corrected chi connectivity index (χ1v) is 8.19. The molecule has 2 N–H and O–H groups in total. The van der Waals surface area contributed by atoms with Gasteiger partial charge < -0.3 is 15.1 Å². The quantitative estimate of drug-likeness (QED) is 0.785. The van der Waals surface area contributed by atoms with Crippen LogP contribution in [0.15, 0.2) is 24.3 Å². The Bertz CT molecular complexity index is 722. The van der Waals surface area contributed by atoms with E-state index in [2.05, 4.69) is 10.6 Å². The predicted molar refractivity (Wildman–Crippen MR) is 88.0 cm³/mol. The lowest BCUT2D eigenvalue weighted by Crippen LogP contribution is -2.54. The number of benzene rings is 1. The molecule has 8 heteroatoms. The van der Waals surface area contributed by atoms with Crippen LogP contribution < -0.4 is 10.6 Å². The second-order valence-corrected chi connectivity index (χ2v) is 6.77. The molecule has 2 aliphatic heterocycles. The van der Waals surface area contributed by atoms with Crippen molar-refractivity contribution in [2.24, 2.45) is 0 Å². The monoisotopic (exact) mass is 348 g/mol. The van der Waals surface area contributed by atoms with Crippen LogP contribution in [0.5, 0.6) is 0 Å². The molecule has 0 aromatic heterocycles. The van der Waals surface area contributed by atoms with Gasteiger partial charge in [0, 0.05) is 19.6 Å². The number of nitrogens with one attached hydrogen (secondary N) is 2. The lowest BCUT2D eigenvalue weighted by Gasteiger charge is -2.38. The van der Waals surface area contributed by atoms with Crippen LogP contribution in [0.3, 0.4) is 0 Å². The van der Waals surface area contributed by atoms with Crippen molar-refractivity contribution < 1.29 is 18.8 Å². The van der Waals surface area contributed by atoms with E-state index < -0.39 is 17.5 Å². The first-order chi connectivity index (χ1) is 11.8. The average Bonchev–Trinajstić information content (AvgIpc) is 2.77. The molecular formula is C17H21FN4O3. The maximum Gasteiger partial charge on any atom is 0.325 e. The summed E-state index contributed by atoms with van der Waals surface area (Å²) in [5.74, 6) is -1.05. The van der Waals surface area contributed by atoms with Crippen molar-refractivity contribution in [1.82, 2.24) is 20.4 Å². The van der Waals surface area contributed by atoms with Crippen LogP contribution in [0.4, 0.5) is 9.18 Å². The minimum Gasteiger partial charge on any atom is -0.332 e. The Balaban J connectivity index is 1.80. The van der Waals surface area contributed by atoms with Crippen LogP contribution in [-0.2, 0) is 9.59 Å². The molecule has 1 atom stereocenters. The van der Waals surface area contributed by atoms with Crippen LogP contribution in [0.1, 0.15) is 25.5 Å². The molecule has 0 bridgehead atoms. The lowest BCUT2D eigenvalue weighted by molar-refractivity contribution is -0.136. The van der Waals surface area contributed by atoms with Gasteiger partial charge in [-0.25, -0.2) is 9.18 Å². The number of hydrogen-bond donors (Lipinski definition) is 2. The highest BCUT2D eigenvalue weighted by Gasteiger charge is 2.47. The molecule has 4 amide bonds. The highest BCUT2D eigenvalue weighted by atomic mass is 19.1. The number of carbonyl (C=O) groups is 3. The van der Waals surface area contributed by atoms with Crippen molar-refractivity contribution in [2.75, 3.05) is 26.2 Å². The number of amides is 4. The van der Waals surface area contributed by atoms with Gasteiger partial charge in [0.15, 0.2) is 0 Å². The maximum atomic E-state index is 13.6. The van der Waals surface area contributed by atoms with E-state index in [9.17, 15) is 18.8 Å². The van der Waals surface area contributed by atoms with Crippen LogP contribution in [0.2, 0.25) is 0 Å². The van der Waals surface area contributed by atoms with Gasteiger partial charge in [-0.2, -0.15) is 0 Å². The largest absolute Gasteiger partial charge is 0.332 e. The zero-order valence-electron chi connectivity index (χ0n) is 14.2. The second-order valence-electron chi connectivity index (χ2n) is 6.77. The first kappa shape index (κ1) is 17.3. The Morgan fingerprint density at radius 1 is 1.36 bits per heavy atom. The van der Waals surface area contributed by atoms with Gasteiger partial charge >= 0.3 is 6.03 Å². The maximum absolute atomic E-state index is 13.6. The smallest absolute Gasteiger partial charge is 0.325 e. The summed E-state index contributed by atoms with van der Waals surface area (Å²) < 4.78 is 13.6. The van der Waals surface area contributed by atoms with E-state index in [-0.39, 0.29) is 24.3 Å². The minimum absolute atomic E-state index is 0.198. The van der Waals surface area contributed by atoms with E-state index in [1.54, 1.807) is 30.9 Å². The summed E-state index contributed by atoms with van der Waals surface area (Å²) in [6.07, 6.45) is 0. The summed E-state index contributed by atoms with van der Waals surface area (Å²) in [4.78, 5) is 39.5. The summed E-state index contributed by atoms with van der Waals surface area (Å²) >= 11 is 0. The van der Waals surface area contributed by atoms with Gasteiger partial charge in [0.2, 0.25) is 5.91 Å². The molecule has 2 heterocycles. The van der Waals surface area contributed by atoms with Crippen molar-refractivity contribution in [3.63, 3.8) is 0 Å². The lowest BCUT2D eigenvalue weighted by atomic mass is 10.0. The van der Waals surface area contributed by atoms with Gasteiger partial charge in [-0.3, -0.25) is 14.9 Å². The molecule has 7 nitrogen and oxygen atoms in total. The third-order valence-electron chi connectivity index (χ3n) is 4.79. The highest BCUT2D eigenvalue weighted by molar-refractivity contribution is 6.07. The van der Waals surface area contributed by atoms with Crippen molar-refractivity contribution >= 4 is 17.8 Å². The number of carbonyl (C=O) groups excluding carboxylic acids is 3. The van der Waals surface area contributed by atoms with Gasteiger partial charge in [-0.15, -0.1) is 0 Å². The molecule has 3 rings (SSSR count). The molecule has 25 heavy (non-hydrogen) atoms. The summed E-state index contributed by atoms with van der Waals surface area (Å²) in [6.45, 7) is 4.57. The summed E-state index contributed by atoms with van der Waals surface area (Å²) in [7, 11) is 0. The molecule has 1 aromatic rings. The van der Waals surface area contributed by atoms with Gasteiger partial charge in [0.1, 0.15) is 17.9 Å². The van der Waals surface area contributed by atoms with Gasteiger partial charge in [-0.1, -0.05) is 12.1 Å². The molecule has 1 aromatic carbocycles. The fraction of sp³-hybridized carbons (Fsp3) is 0.471. The summed E-state index contributed by atoms with van der Waals surface area (Å²) in [5.41, 5.74) is -0.378. The van der Waals surface area contributed by atoms with Crippen LogP contribution in [-0.4, -0.2) is 59.4 Å². The average molecular weight is 348 g/mol. The fourth-order valence-corrected chi connectivity index (χ4v) is 3.20. The zero-order valence-corrected chi connectivity index (χ0v) is 14.2. The third kappa shape index (κ3) is 3.21. The van der Waals surface area contributed by atoms with Crippen LogP contribution in [0.25, 0.3) is 0 Å². The van der Waals surface area contributed by atoms with E-state index in [4.69, 9.17) is 0 Å². The van der Waals surface area contributed by atoms with Crippen molar-refractivity contribution in [1.29, 1.82) is 0 Å². The zero-order chi connectivity index (χ0) is 18.2. The number of nitrogens with zero attached hydrogens (tertiary/aromatic N) is 2. The molecule has 2 aliphatic rings. The fourth-order valence-electron chi connectivity index (χ4n) is 3.20. The highest BCUT2D eigenvalue weighted by Crippen LogP contribution is 2.25. The number of rotatable bonds is 3. The van der Waals surface area contributed by atoms with Gasteiger partial charge in [-0.05, 0) is 31.5 Å². The number of piperazine rings is 1. The molecule has 0 aliphatic carbocycles. The van der Waals surface area contributed by atoms with Gasteiger partial charge in [0.05, 0.1) is 6.04 Å². The molecule has 2 saturated heterocycles. The minimum atomic E-state index is -1.07. The first-order valence-electron chi connectivity index (χ1n) is 8.19. The van der Waals surface area contributed by atoms with Crippen molar-refractivity contribution in [3.05, 3.63) is 35.6 Å². The number of urea groups is 1. The third-order valence-corrected chi connectivity index (χ3v) is 4.79. The Morgan fingerprint density at radius 2 is 2.12 bits per heavy atom. The van der Waals surface area contributed by atoms with Crippen molar-refractivity contribution in [3.8, 4) is 0 Å². The summed E-state index contributed by atoms with van der Waals surface area (Å²) in [5, 5.41) is 5.43. The van der Waals surface area contributed by atoms with Crippen LogP contribution >= 0.6 is 0 Å². The number of hydrogen-bond acceptors (Lipinski definition) is 4. The predicted octanol–water partition coefficient (Wildman–Crippen LogP) is 0.629. The van der Waals surface area contributed by atoms with E-state index >= 15 is 0 Å². The Labute approximate surface area is 145 Å². The number of imide groups is 1. The van der Waals surface area contributed by atoms with Crippen LogP contribution in [0, 0.1) is 5.82 Å². The molecular weight excluding hydrogens is 327 g/mol. The number of halogens is 1. The molecule has 134 valence electrons. The Kier molecular flexibility index (Phi) is 4.47. The second kappa shape index (κ2) is 6.44. The molecule has 2 fully saturated rings. The summed E-state index contributed by atoms with van der Waals surface area (Å²) in [6, 6.07) is 5.26. The standard InChI is InChI=1S/C17H21FN4O3/c1-17(2)15(24)20-16(25)22(17)10-14(23)21-7-6-19-9-13(21)11-4-3-5-12(18)8-11/h3-5,8,13,19H,6-7,9-10H2,1-2H3,(H,20,24,25). The molecule has 1 unspecified atom stereocenters. The van der Waals surface area contributed by atoms with Crippen molar-refractivity contribution in [2.45, 2.75) is 25.4 Å². The van der Waals surface area contributed by atoms with Gasteiger partial charge in [0.25, 0.3) is 5.91 Å². The molecule has 0 saturated carbocycles. The van der Waals surface area contributed by atoms with E-state index in [1.807, 2.05) is 0 Å². The SMILES string of the molecule is CC1(C)C(=O)NC(=O)N1CC(=O)N1CCNCC1c1cccc(F)c1. The normalized spacial score (nSPS) is 22.9. The Hall–Kier alpha value is -2.48.